The zero-order chi connectivity index (χ0) is 41.1. The van der Waals surface area contributed by atoms with Gasteiger partial charge in [0.1, 0.15) is 24.5 Å². The van der Waals surface area contributed by atoms with Gasteiger partial charge in [0, 0.05) is 52.3 Å². The molecule has 3 aromatic carbocycles. The minimum Gasteiger partial charge on any atom is -0.493 e. The van der Waals surface area contributed by atoms with Crippen LogP contribution in [0.25, 0.3) is 10.9 Å². The zero-order valence-electron chi connectivity index (χ0n) is 34.1. The minimum absolute atomic E-state index is 0.164. The number of carbonyl (C=O) groups excluding carboxylic acids is 2. The highest BCUT2D eigenvalue weighted by Gasteiger charge is 2.37. The second kappa shape index (κ2) is 16.9. The van der Waals surface area contributed by atoms with Crippen LogP contribution in [0.15, 0.2) is 71.9 Å². The van der Waals surface area contributed by atoms with Gasteiger partial charge >= 0.3 is 12.1 Å². The number of amides is 3. The molecule has 0 unspecified atom stereocenters. The summed E-state index contributed by atoms with van der Waals surface area (Å²) in [6.07, 6.45) is 2.19. The van der Waals surface area contributed by atoms with Crippen LogP contribution in [0.4, 0.5) is 26.8 Å². The van der Waals surface area contributed by atoms with E-state index in [0.717, 1.165) is 54.3 Å². The number of carbonyl (C=O) groups is 2. The molecule has 2 aliphatic rings. The monoisotopic (exact) mass is 818 g/mol. The summed E-state index contributed by atoms with van der Waals surface area (Å²) < 4.78 is 51.4. The van der Waals surface area contributed by atoms with E-state index in [-0.39, 0.29) is 16.8 Å². The number of sulfonamides is 1. The van der Waals surface area contributed by atoms with Crippen molar-refractivity contribution in [1.29, 1.82) is 0 Å². The number of anilines is 3. The Hall–Kier alpha value is -4.93. The van der Waals surface area contributed by atoms with Gasteiger partial charge in [-0.1, -0.05) is 43.9 Å². The Bertz CT molecular complexity index is 2200. The summed E-state index contributed by atoms with van der Waals surface area (Å²) >= 11 is 0. The Morgan fingerprint density at radius 3 is 2.33 bits per heavy atom. The van der Waals surface area contributed by atoms with Gasteiger partial charge in [0.25, 0.3) is 10.0 Å². The topological polar surface area (TPSA) is 144 Å². The molecule has 0 N–H and O–H groups in total. The summed E-state index contributed by atoms with van der Waals surface area (Å²) in [6.45, 7) is 13.8. The highest BCUT2D eigenvalue weighted by atomic mass is 32.2. The number of piperidine rings is 1. The number of methoxy groups -OCH3 is 2. The van der Waals surface area contributed by atoms with E-state index in [1.807, 2.05) is 41.3 Å². The fraction of sp³-hybridized carbons (Fsp3) is 0.463. The van der Waals surface area contributed by atoms with Gasteiger partial charge < -0.3 is 28.7 Å². The molecule has 0 bridgehead atoms. The third-order valence-corrected chi connectivity index (χ3v) is 13.4. The molecule has 1 saturated heterocycles. The molecule has 6 rings (SSSR count). The van der Waals surface area contributed by atoms with Crippen molar-refractivity contribution >= 4 is 58.3 Å². The molecule has 14 nitrogen and oxygen atoms in total. The number of benzene rings is 3. The maximum atomic E-state index is 14.5. The minimum atomic E-state index is -4.46. The smallest absolute Gasteiger partial charge is 0.426 e. The molecule has 0 aliphatic carbocycles. The lowest BCUT2D eigenvalue weighted by Crippen LogP contribution is -2.48. The summed E-state index contributed by atoms with van der Waals surface area (Å²) in [5.41, 5.74) is 1.79. The molecule has 1 aromatic heterocycles. The van der Waals surface area contributed by atoms with E-state index < -0.39 is 36.5 Å². The van der Waals surface area contributed by atoms with Crippen molar-refractivity contribution in [3.8, 4) is 11.5 Å². The molecule has 4 aromatic rings. The van der Waals surface area contributed by atoms with Crippen molar-refractivity contribution < 1.29 is 37.0 Å². The second-order valence-corrected chi connectivity index (χ2v) is 24.1. The molecule has 0 radical (unpaired) electrons. The van der Waals surface area contributed by atoms with Gasteiger partial charge in [-0.25, -0.2) is 28.0 Å². The van der Waals surface area contributed by atoms with Gasteiger partial charge in [0.05, 0.1) is 36.0 Å². The van der Waals surface area contributed by atoms with Crippen molar-refractivity contribution in [2.24, 2.45) is 5.92 Å². The van der Waals surface area contributed by atoms with Crippen molar-refractivity contribution in [2.75, 3.05) is 57.0 Å². The lowest BCUT2D eigenvalue weighted by atomic mass is 9.95. The van der Waals surface area contributed by atoms with Crippen LogP contribution >= 0.6 is 0 Å². The molecule has 3 amide bonds. The third kappa shape index (κ3) is 9.62. The number of urea groups is 1. The summed E-state index contributed by atoms with van der Waals surface area (Å²) in [7, 11) is -2.75. The van der Waals surface area contributed by atoms with Gasteiger partial charge in [-0.15, -0.1) is 0 Å². The fourth-order valence-electron chi connectivity index (χ4n) is 7.00. The normalized spacial score (nSPS) is 15.4. The number of hydrogen-bond donors (Lipinski definition) is 0. The fourth-order valence-corrected chi connectivity index (χ4v) is 8.98. The van der Waals surface area contributed by atoms with Gasteiger partial charge in [-0.05, 0) is 81.5 Å². The molecule has 306 valence electrons. The van der Waals surface area contributed by atoms with E-state index >= 15 is 0 Å². The maximum Gasteiger partial charge on any atom is 0.426 e. The number of ether oxygens (including phenoxy) is 4. The molecule has 3 heterocycles. The first kappa shape index (κ1) is 41.7. The molecule has 0 saturated carbocycles. The standard InChI is InChI=1S/C41H54N6O8SSi/c1-41(2,3)55-40(49)46(28-54-20-21-57(6,7)8)56(50,51)32-14-11-13-31(22-32)47-35-15-10-9-12-30(35)26-45(39(47)48)25-29-16-18-44(19-17-29)38-33-23-36(52-4)37(53-5)24-34(33)42-27-43-38/h9-15,22-24,27,29H,16-21,25-26,28H2,1-8H3. The van der Waals surface area contributed by atoms with Crippen molar-refractivity contribution in [1.82, 2.24) is 19.2 Å². The van der Waals surface area contributed by atoms with Crippen LogP contribution < -0.4 is 19.3 Å². The van der Waals surface area contributed by atoms with Gasteiger partial charge in [-0.3, -0.25) is 4.90 Å². The Kier molecular flexibility index (Phi) is 12.4. The van der Waals surface area contributed by atoms with Crippen LogP contribution in [-0.4, -0.2) is 101 Å². The number of fused-ring (bicyclic) bond motifs is 2. The molecule has 2 aliphatic heterocycles. The first-order valence-electron chi connectivity index (χ1n) is 19.2. The second-order valence-electron chi connectivity index (χ2n) is 16.7. The van der Waals surface area contributed by atoms with Crippen LogP contribution in [-0.2, 0) is 26.0 Å². The van der Waals surface area contributed by atoms with E-state index in [4.69, 9.17) is 18.9 Å². The summed E-state index contributed by atoms with van der Waals surface area (Å²) in [6, 6.07) is 18.1. The number of rotatable bonds is 13. The van der Waals surface area contributed by atoms with Crippen LogP contribution in [0, 0.1) is 5.92 Å². The van der Waals surface area contributed by atoms with E-state index in [1.54, 1.807) is 58.4 Å². The average Bonchev–Trinajstić information content (AvgIpc) is 3.16. The van der Waals surface area contributed by atoms with E-state index in [9.17, 15) is 18.0 Å². The number of aromatic nitrogens is 2. The van der Waals surface area contributed by atoms with Crippen molar-refractivity contribution in [2.45, 2.75) is 76.3 Å². The molecular formula is C41H54N6O8SSi. The average molecular weight is 819 g/mol. The highest BCUT2D eigenvalue weighted by Crippen LogP contribution is 2.39. The van der Waals surface area contributed by atoms with Crippen molar-refractivity contribution in [3.05, 3.63) is 72.6 Å². The molecule has 0 spiro atoms. The predicted octanol–water partition coefficient (Wildman–Crippen LogP) is 7.88. The van der Waals surface area contributed by atoms with Crippen LogP contribution in [0.2, 0.25) is 25.7 Å². The Morgan fingerprint density at radius 2 is 1.65 bits per heavy atom. The molecule has 16 heteroatoms. The number of nitrogens with zero attached hydrogens (tertiary/aromatic N) is 6. The molecule has 1 fully saturated rings. The quantitative estimate of drug-likeness (QED) is 0.0739. The van der Waals surface area contributed by atoms with Gasteiger partial charge in [0.15, 0.2) is 11.5 Å². The maximum absolute atomic E-state index is 14.5. The lowest BCUT2D eigenvalue weighted by Gasteiger charge is -2.40. The lowest BCUT2D eigenvalue weighted by molar-refractivity contribution is 0.0145. The van der Waals surface area contributed by atoms with E-state index in [2.05, 4.69) is 34.5 Å². The first-order valence-corrected chi connectivity index (χ1v) is 24.4. The third-order valence-electron chi connectivity index (χ3n) is 10.0. The molecule has 57 heavy (non-hydrogen) atoms. The highest BCUT2D eigenvalue weighted by molar-refractivity contribution is 7.89. The Balaban J connectivity index is 1.21. The molecular weight excluding hydrogens is 765 g/mol. The largest absolute Gasteiger partial charge is 0.493 e. The first-order chi connectivity index (χ1) is 27.0. The Labute approximate surface area is 336 Å². The Morgan fingerprint density at radius 1 is 0.947 bits per heavy atom. The van der Waals surface area contributed by atoms with Crippen LogP contribution in [0.5, 0.6) is 11.5 Å². The van der Waals surface area contributed by atoms with Gasteiger partial charge in [-0.2, -0.15) is 4.31 Å². The van der Waals surface area contributed by atoms with E-state index in [1.165, 1.54) is 12.1 Å². The van der Waals surface area contributed by atoms with Crippen molar-refractivity contribution in [3.63, 3.8) is 0 Å². The molecule has 0 atom stereocenters. The van der Waals surface area contributed by atoms with Crippen LogP contribution in [0.1, 0.15) is 39.2 Å². The zero-order valence-corrected chi connectivity index (χ0v) is 36.0. The van der Waals surface area contributed by atoms with Crippen LogP contribution in [0.3, 0.4) is 0 Å². The number of para-hydroxylation sites is 1. The SMILES string of the molecule is COc1cc2ncnc(N3CCC(CN4Cc5ccccc5N(c5cccc(S(=O)(=O)N(COCC[Si](C)(C)C)C(=O)OC(C)(C)C)c5)C4=O)CC3)c2cc1OC. The number of hydrogen-bond acceptors (Lipinski definition) is 11. The summed E-state index contributed by atoms with van der Waals surface area (Å²) in [5, 5.41) is 0.875. The van der Waals surface area contributed by atoms with Gasteiger partial charge in [0.2, 0.25) is 0 Å². The van der Waals surface area contributed by atoms with E-state index in [0.29, 0.717) is 46.9 Å². The predicted molar refractivity (Wildman–Crippen MR) is 223 cm³/mol. The summed E-state index contributed by atoms with van der Waals surface area (Å²) in [4.78, 5) is 42.4. The summed E-state index contributed by atoms with van der Waals surface area (Å²) in [5.74, 6) is 2.25.